The lowest BCUT2D eigenvalue weighted by molar-refractivity contribution is 0.411. The van der Waals surface area contributed by atoms with Gasteiger partial charge in [0.05, 0.1) is 7.11 Å². The zero-order chi connectivity index (χ0) is 13.7. The molecule has 0 unspecified atom stereocenters. The first-order valence-electron chi connectivity index (χ1n) is 6.03. The molecule has 19 heavy (non-hydrogen) atoms. The zero-order valence-electron chi connectivity index (χ0n) is 11.1. The standard InChI is InChI=1S/C16H16N2O/c1-12-10-14(8-9-15(12)19-2)16(17)18-11-13-6-4-3-5-7-13/h3-11,17H,1-2H3. The molecule has 2 aromatic carbocycles. The average Bonchev–Trinajstić information content (AvgIpc) is 2.45. The Bertz CT molecular complexity index is 603. The van der Waals surface area contributed by atoms with Gasteiger partial charge in [0.15, 0.2) is 5.84 Å². The Labute approximate surface area is 113 Å². The fourth-order valence-corrected chi connectivity index (χ4v) is 1.78. The van der Waals surface area contributed by atoms with Gasteiger partial charge >= 0.3 is 0 Å². The number of aliphatic imine (C=N–C) groups is 1. The molecule has 0 fully saturated rings. The van der Waals surface area contributed by atoms with Gasteiger partial charge in [0.25, 0.3) is 0 Å². The van der Waals surface area contributed by atoms with E-state index in [9.17, 15) is 0 Å². The van der Waals surface area contributed by atoms with Gasteiger partial charge in [-0.2, -0.15) is 0 Å². The predicted molar refractivity (Wildman–Crippen MR) is 78.6 cm³/mol. The smallest absolute Gasteiger partial charge is 0.151 e. The molecular formula is C16H16N2O. The molecular weight excluding hydrogens is 236 g/mol. The van der Waals surface area contributed by atoms with Crippen molar-refractivity contribution in [2.75, 3.05) is 7.11 Å². The summed E-state index contributed by atoms with van der Waals surface area (Å²) in [7, 11) is 1.64. The van der Waals surface area contributed by atoms with Crippen molar-refractivity contribution in [2.24, 2.45) is 4.99 Å². The summed E-state index contributed by atoms with van der Waals surface area (Å²) in [6, 6.07) is 15.4. The molecule has 0 aliphatic heterocycles. The van der Waals surface area contributed by atoms with Crippen LogP contribution in [0.2, 0.25) is 0 Å². The molecule has 1 N–H and O–H groups in total. The lowest BCUT2D eigenvalue weighted by Crippen LogP contribution is -1.98. The third-order valence-electron chi connectivity index (χ3n) is 2.81. The number of benzene rings is 2. The van der Waals surface area contributed by atoms with Crippen LogP contribution in [0.1, 0.15) is 16.7 Å². The highest BCUT2D eigenvalue weighted by Gasteiger charge is 2.03. The van der Waals surface area contributed by atoms with E-state index in [4.69, 9.17) is 10.1 Å². The van der Waals surface area contributed by atoms with E-state index in [0.29, 0.717) is 0 Å². The largest absolute Gasteiger partial charge is 0.496 e. The molecule has 0 heterocycles. The third kappa shape index (κ3) is 3.28. The van der Waals surface area contributed by atoms with Crippen LogP contribution in [0.15, 0.2) is 53.5 Å². The van der Waals surface area contributed by atoms with E-state index in [2.05, 4.69) is 4.99 Å². The number of hydrogen-bond acceptors (Lipinski definition) is 2. The summed E-state index contributed by atoms with van der Waals surface area (Å²) >= 11 is 0. The van der Waals surface area contributed by atoms with Gasteiger partial charge in [-0.15, -0.1) is 0 Å². The van der Waals surface area contributed by atoms with Gasteiger partial charge in [0, 0.05) is 11.8 Å². The van der Waals surface area contributed by atoms with Crippen LogP contribution in [0.5, 0.6) is 5.75 Å². The number of nitrogens with zero attached hydrogens (tertiary/aromatic N) is 1. The van der Waals surface area contributed by atoms with Gasteiger partial charge < -0.3 is 4.74 Å². The molecule has 0 saturated heterocycles. The molecule has 0 spiro atoms. The molecule has 0 bridgehead atoms. The van der Waals surface area contributed by atoms with Gasteiger partial charge in [-0.05, 0) is 36.2 Å². The van der Waals surface area contributed by atoms with E-state index in [-0.39, 0.29) is 5.84 Å². The van der Waals surface area contributed by atoms with Crippen molar-refractivity contribution in [3.63, 3.8) is 0 Å². The summed E-state index contributed by atoms with van der Waals surface area (Å²) in [6.07, 6.45) is 1.70. The Kier molecular flexibility index (Phi) is 4.08. The van der Waals surface area contributed by atoms with Crippen LogP contribution in [-0.2, 0) is 0 Å². The topological polar surface area (TPSA) is 45.4 Å². The molecule has 0 radical (unpaired) electrons. The number of aryl methyl sites for hydroxylation is 1. The van der Waals surface area contributed by atoms with Crippen molar-refractivity contribution >= 4 is 12.1 Å². The number of methoxy groups -OCH3 is 1. The van der Waals surface area contributed by atoms with Crippen molar-refractivity contribution in [3.05, 3.63) is 65.2 Å². The highest BCUT2D eigenvalue weighted by atomic mass is 16.5. The maximum atomic E-state index is 7.96. The minimum Gasteiger partial charge on any atom is -0.496 e. The molecule has 0 saturated carbocycles. The Balaban J connectivity index is 2.16. The molecule has 0 amide bonds. The monoisotopic (exact) mass is 252 g/mol. The van der Waals surface area contributed by atoms with Crippen LogP contribution < -0.4 is 4.74 Å². The van der Waals surface area contributed by atoms with Crippen LogP contribution in [0.4, 0.5) is 0 Å². The van der Waals surface area contributed by atoms with Crippen molar-refractivity contribution in [2.45, 2.75) is 6.92 Å². The first-order valence-corrected chi connectivity index (χ1v) is 6.03. The highest BCUT2D eigenvalue weighted by Crippen LogP contribution is 2.18. The summed E-state index contributed by atoms with van der Waals surface area (Å²) in [5, 5.41) is 7.96. The quantitative estimate of drug-likeness (QED) is 0.660. The molecule has 0 aliphatic rings. The van der Waals surface area contributed by atoms with E-state index in [1.54, 1.807) is 13.3 Å². The average molecular weight is 252 g/mol. The molecule has 96 valence electrons. The molecule has 0 aromatic heterocycles. The molecule has 3 heteroatoms. The molecule has 0 aliphatic carbocycles. The summed E-state index contributed by atoms with van der Waals surface area (Å²) < 4.78 is 5.20. The Morgan fingerprint density at radius 1 is 1.16 bits per heavy atom. The second-order valence-electron chi connectivity index (χ2n) is 4.20. The van der Waals surface area contributed by atoms with Crippen LogP contribution >= 0.6 is 0 Å². The summed E-state index contributed by atoms with van der Waals surface area (Å²) in [6.45, 7) is 1.95. The number of hydrogen-bond donors (Lipinski definition) is 1. The van der Waals surface area contributed by atoms with E-state index in [1.165, 1.54) is 0 Å². The van der Waals surface area contributed by atoms with Gasteiger partial charge in [-0.3, -0.25) is 5.41 Å². The Morgan fingerprint density at radius 2 is 1.89 bits per heavy atom. The normalized spacial score (nSPS) is 10.6. The van der Waals surface area contributed by atoms with Gasteiger partial charge in [0.1, 0.15) is 5.75 Å². The maximum Gasteiger partial charge on any atom is 0.151 e. The maximum absolute atomic E-state index is 7.96. The van der Waals surface area contributed by atoms with Crippen molar-refractivity contribution in [3.8, 4) is 5.75 Å². The summed E-state index contributed by atoms with van der Waals surface area (Å²) in [5.41, 5.74) is 2.77. The van der Waals surface area contributed by atoms with Gasteiger partial charge in [-0.1, -0.05) is 30.3 Å². The number of ether oxygens (including phenoxy) is 1. The zero-order valence-corrected chi connectivity index (χ0v) is 11.1. The first-order chi connectivity index (χ1) is 9.20. The summed E-state index contributed by atoms with van der Waals surface area (Å²) in [4.78, 5) is 4.18. The Hall–Kier alpha value is -2.42. The van der Waals surface area contributed by atoms with Gasteiger partial charge in [0.2, 0.25) is 0 Å². The van der Waals surface area contributed by atoms with Crippen LogP contribution in [0, 0.1) is 12.3 Å². The SMILES string of the molecule is COc1ccc(C(=N)N=Cc2ccccc2)cc1C. The minimum atomic E-state index is 0.245. The van der Waals surface area contributed by atoms with Crippen LogP contribution in [-0.4, -0.2) is 19.2 Å². The first kappa shape index (κ1) is 13.0. The van der Waals surface area contributed by atoms with Crippen LogP contribution in [0.25, 0.3) is 0 Å². The van der Waals surface area contributed by atoms with E-state index in [1.807, 2.05) is 55.5 Å². The second-order valence-corrected chi connectivity index (χ2v) is 4.20. The lowest BCUT2D eigenvalue weighted by Gasteiger charge is -2.06. The van der Waals surface area contributed by atoms with E-state index < -0.39 is 0 Å². The number of rotatable bonds is 3. The highest BCUT2D eigenvalue weighted by molar-refractivity contribution is 6.03. The van der Waals surface area contributed by atoms with Gasteiger partial charge in [-0.25, -0.2) is 4.99 Å². The van der Waals surface area contributed by atoms with Crippen molar-refractivity contribution in [1.82, 2.24) is 0 Å². The second kappa shape index (κ2) is 5.96. The fourth-order valence-electron chi connectivity index (χ4n) is 1.78. The number of nitrogens with one attached hydrogen (secondary N) is 1. The molecule has 0 atom stereocenters. The fraction of sp³-hybridized carbons (Fsp3) is 0.125. The Morgan fingerprint density at radius 3 is 2.53 bits per heavy atom. The molecule has 2 aromatic rings. The van der Waals surface area contributed by atoms with E-state index >= 15 is 0 Å². The van der Waals surface area contributed by atoms with Crippen LogP contribution in [0.3, 0.4) is 0 Å². The third-order valence-corrected chi connectivity index (χ3v) is 2.81. The molecule has 3 nitrogen and oxygen atoms in total. The van der Waals surface area contributed by atoms with Crippen molar-refractivity contribution < 1.29 is 4.74 Å². The lowest BCUT2D eigenvalue weighted by atomic mass is 10.1. The number of amidine groups is 1. The van der Waals surface area contributed by atoms with Crippen molar-refractivity contribution in [1.29, 1.82) is 5.41 Å². The molecule has 2 rings (SSSR count). The summed E-state index contributed by atoms with van der Waals surface area (Å²) in [5.74, 6) is 1.07. The van der Waals surface area contributed by atoms with E-state index in [0.717, 1.165) is 22.4 Å². The predicted octanol–water partition coefficient (Wildman–Crippen LogP) is 3.45. The minimum absolute atomic E-state index is 0.245.